The second-order valence-corrected chi connectivity index (χ2v) is 3.24. The topological polar surface area (TPSA) is 40.7 Å². The minimum absolute atomic E-state index is 0.806. The maximum absolute atomic E-state index is 4.25. The molecule has 0 amide bonds. The summed E-state index contributed by atoms with van der Waals surface area (Å²) in [5.74, 6) is 1.94. The van der Waals surface area contributed by atoms with Crippen molar-refractivity contribution in [3.05, 3.63) is 17.7 Å². The molecular weight excluding hydrogens is 138 g/mol. The number of aryl methyl sites for hydroxylation is 1. The summed E-state index contributed by atoms with van der Waals surface area (Å²) in [6, 6.07) is 0. The SMILES string of the molecule is Cc1cnc(CC2CNC2)[nH]1. The summed E-state index contributed by atoms with van der Waals surface area (Å²) < 4.78 is 0. The van der Waals surface area contributed by atoms with Crippen molar-refractivity contribution in [3.63, 3.8) is 0 Å². The molecule has 1 aliphatic heterocycles. The molecule has 1 aliphatic rings. The van der Waals surface area contributed by atoms with E-state index in [1.54, 1.807) is 0 Å². The van der Waals surface area contributed by atoms with E-state index in [-0.39, 0.29) is 0 Å². The smallest absolute Gasteiger partial charge is 0.106 e. The summed E-state index contributed by atoms with van der Waals surface area (Å²) in [5, 5.41) is 3.25. The molecule has 0 spiro atoms. The molecule has 2 heterocycles. The third-order valence-corrected chi connectivity index (χ3v) is 2.10. The Labute approximate surface area is 66.2 Å². The van der Waals surface area contributed by atoms with E-state index < -0.39 is 0 Å². The molecule has 1 saturated heterocycles. The Hall–Kier alpha value is -0.830. The van der Waals surface area contributed by atoms with Gasteiger partial charge in [0.25, 0.3) is 0 Å². The first-order valence-corrected chi connectivity index (χ1v) is 4.06. The monoisotopic (exact) mass is 151 g/mol. The fourth-order valence-corrected chi connectivity index (χ4v) is 1.34. The highest BCUT2D eigenvalue weighted by Gasteiger charge is 2.17. The zero-order valence-corrected chi connectivity index (χ0v) is 6.72. The molecule has 2 rings (SSSR count). The third kappa shape index (κ3) is 1.43. The van der Waals surface area contributed by atoms with E-state index in [1.165, 1.54) is 0 Å². The summed E-state index contributed by atoms with van der Waals surface area (Å²) in [6.07, 6.45) is 2.99. The van der Waals surface area contributed by atoms with Crippen LogP contribution in [0.5, 0.6) is 0 Å². The summed E-state index contributed by atoms with van der Waals surface area (Å²) in [4.78, 5) is 7.49. The van der Waals surface area contributed by atoms with E-state index in [1.807, 2.05) is 13.1 Å². The van der Waals surface area contributed by atoms with Crippen molar-refractivity contribution in [1.82, 2.24) is 15.3 Å². The lowest BCUT2D eigenvalue weighted by Crippen LogP contribution is -2.43. The minimum atomic E-state index is 0.806. The number of nitrogens with zero attached hydrogens (tertiary/aromatic N) is 1. The average Bonchev–Trinajstić information content (AvgIpc) is 2.27. The fourth-order valence-electron chi connectivity index (χ4n) is 1.34. The van der Waals surface area contributed by atoms with Crippen molar-refractivity contribution in [2.75, 3.05) is 13.1 Å². The molecular formula is C8H13N3. The van der Waals surface area contributed by atoms with Crippen LogP contribution < -0.4 is 5.32 Å². The van der Waals surface area contributed by atoms with Crippen molar-refractivity contribution in [3.8, 4) is 0 Å². The van der Waals surface area contributed by atoms with Gasteiger partial charge in [-0.25, -0.2) is 4.98 Å². The van der Waals surface area contributed by atoms with Gasteiger partial charge in [0.15, 0.2) is 0 Å². The van der Waals surface area contributed by atoms with Crippen LogP contribution in [0, 0.1) is 12.8 Å². The largest absolute Gasteiger partial charge is 0.346 e. The van der Waals surface area contributed by atoms with Gasteiger partial charge < -0.3 is 10.3 Å². The van der Waals surface area contributed by atoms with Gasteiger partial charge in [0, 0.05) is 18.3 Å². The van der Waals surface area contributed by atoms with Crippen molar-refractivity contribution in [2.24, 2.45) is 5.92 Å². The average molecular weight is 151 g/mol. The molecule has 1 fully saturated rings. The van der Waals surface area contributed by atoms with Crippen LogP contribution in [0.15, 0.2) is 6.20 Å². The van der Waals surface area contributed by atoms with Gasteiger partial charge in [-0.05, 0) is 25.9 Å². The molecule has 0 unspecified atom stereocenters. The summed E-state index contributed by atoms with van der Waals surface area (Å²) in [7, 11) is 0. The first-order valence-electron chi connectivity index (χ1n) is 4.06. The zero-order valence-electron chi connectivity index (χ0n) is 6.72. The van der Waals surface area contributed by atoms with Crippen molar-refractivity contribution < 1.29 is 0 Å². The van der Waals surface area contributed by atoms with Crippen LogP contribution in [-0.2, 0) is 6.42 Å². The molecule has 0 atom stereocenters. The number of rotatable bonds is 2. The van der Waals surface area contributed by atoms with Gasteiger partial charge in [-0.2, -0.15) is 0 Å². The Morgan fingerprint density at radius 1 is 1.64 bits per heavy atom. The summed E-state index contributed by atoms with van der Waals surface area (Å²) in [6.45, 7) is 4.34. The Morgan fingerprint density at radius 2 is 2.45 bits per heavy atom. The van der Waals surface area contributed by atoms with Gasteiger partial charge in [0.1, 0.15) is 5.82 Å². The molecule has 0 aromatic carbocycles. The molecule has 11 heavy (non-hydrogen) atoms. The van der Waals surface area contributed by atoms with Gasteiger partial charge in [-0.15, -0.1) is 0 Å². The predicted molar refractivity (Wildman–Crippen MR) is 43.4 cm³/mol. The van der Waals surface area contributed by atoms with E-state index in [4.69, 9.17) is 0 Å². The highest BCUT2D eigenvalue weighted by Crippen LogP contribution is 2.09. The minimum Gasteiger partial charge on any atom is -0.346 e. The molecule has 3 heteroatoms. The number of aromatic nitrogens is 2. The van der Waals surface area contributed by atoms with Crippen LogP contribution in [0.1, 0.15) is 11.5 Å². The molecule has 1 aromatic rings. The highest BCUT2D eigenvalue weighted by atomic mass is 15.0. The molecule has 0 bridgehead atoms. The van der Waals surface area contributed by atoms with Crippen LogP contribution in [0.25, 0.3) is 0 Å². The third-order valence-electron chi connectivity index (χ3n) is 2.10. The number of imidazole rings is 1. The van der Waals surface area contributed by atoms with Crippen molar-refractivity contribution in [2.45, 2.75) is 13.3 Å². The summed E-state index contributed by atoms with van der Waals surface area (Å²) in [5.41, 5.74) is 1.16. The van der Waals surface area contributed by atoms with E-state index in [0.29, 0.717) is 0 Å². The predicted octanol–water partition coefficient (Wildman–Crippen LogP) is 0.480. The number of H-pyrrole nitrogens is 1. The molecule has 3 nitrogen and oxygen atoms in total. The van der Waals surface area contributed by atoms with Crippen LogP contribution in [0.2, 0.25) is 0 Å². The fraction of sp³-hybridized carbons (Fsp3) is 0.625. The van der Waals surface area contributed by atoms with Crippen LogP contribution in [0.4, 0.5) is 0 Å². The Bertz CT molecular complexity index is 237. The van der Waals surface area contributed by atoms with Gasteiger partial charge >= 0.3 is 0 Å². The maximum atomic E-state index is 4.25. The molecule has 0 aliphatic carbocycles. The Morgan fingerprint density at radius 3 is 2.91 bits per heavy atom. The molecule has 1 aromatic heterocycles. The second kappa shape index (κ2) is 2.66. The first kappa shape index (κ1) is 6.85. The number of hydrogen-bond acceptors (Lipinski definition) is 2. The first-order chi connectivity index (χ1) is 5.34. The lowest BCUT2D eigenvalue weighted by atomic mass is 9.99. The molecule has 60 valence electrons. The quantitative estimate of drug-likeness (QED) is 0.645. The highest BCUT2D eigenvalue weighted by molar-refractivity contribution is 5.00. The normalized spacial score (nSPS) is 18.3. The van der Waals surface area contributed by atoms with Gasteiger partial charge in [0.2, 0.25) is 0 Å². The maximum Gasteiger partial charge on any atom is 0.106 e. The lowest BCUT2D eigenvalue weighted by Gasteiger charge is -2.25. The van der Waals surface area contributed by atoms with E-state index >= 15 is 0 Å². The van der Waals surface area contributed by atoms with E-state index in [2.05, 4.69) is 15.3 Å². The van der Waals surface area contributed by atoms with Crippen molar-refractivity contribution in [1.29, 1.82) is 0 Å². The number of hydrogen-bond donors (Lipinski definition) is 2. The Balaban J connectivity index is 1.95. The zero-order chi connectivity index (χ0) is 7.68. The second-order valence-electron chi connectivity index (χ2n) is 3.24. The van der Waals surface area contributed by atoms with Gasteiger partial charge in [0.05, 0.1) is 0 Å². The van der Waals surface area contributed by atoms with E-state index in [0.717, 1.165) is 36.9 Å². The van der Waals surface area contributed by atoms with Crippen LogP contribution in [-0.4, -0.2) is 23.1 Å². The number of nitrogens with one attached hydrogen (secondary N) is 2. The Kier molecular flexibility index (Phi) is 1.66. The van der Waals surface area contributed by atoms with E-state index in [9.17, 15) is 0 Å². The van der Waals surface area contributed by atoms with Gasteiger partial charge in [-0.1, -0.05) is 0 Å². The molecule has 0 radical (unpaired) electrons. The standard InChI is InChI=1S/C8H13N3/c1-6-3-10-8(11-6)2-7-4-9-5-7/h3,7,9H,2,4-5H2,1H3,(H,10,11). The van der Waals surface area contributed by atoms with Gasteiger partial charge in [-0.3, -0.25) is 0 Å². The summed E-state index contributed by atoms with van der Waals surface area (Å²) >= 11 is 0. The van der Waals surface area contributed by atoms with Crippen LogP contribution >= 0.6 is 0 Å². The van der Waals surface area contributed by atoms with Crippen LogP contribution in [0.3, 0.4) is 0 Å². The number of aromatic amines is 1. The lowest BCUT2D eigenvalue weighted by molar-refractivity contribution is 0.341. The molecule has 0 saturated carbocycles. The molecule has 2 N–H and O–H groups in total. The van der Waals surface area contributed by atoms with Crippen molar-refractivity contribution >= 4 is 0 Å².